The van der Waals surface area contributed by atoms with E-state index in [0.717, 1.165) is 29.0 Å². The van der Waals surface area contributed by atoms with Crippen molar-refractivity contribution in [3.63, 3.8) is 0 Å². The average Bonchev–Trinajstić information content (AvgIpc) is 3.03. The highest BCUT2D eigenvalue weighted by molar-refractivity contribution is 14.0. The Balaban J connectivity index is 0.00000220. The molecule has 0 aliphatic rings. The molecule has 0 saturated carbocycles. The molecule has 0 saturated heterocycles. The molecule has 0 atom stereocenters. The van der Waals surface area contributed by atoms with Crippen LogP contribution in [0.5, 0.6) is 0 Å². The summed E-state index contributed by atoms with van der Waals surface area (Å²) in [5, 5.41) is 10.7. The Labute approximate surface area is 150 Å². The molecule has 8 heteroatoms. The minimum absolute atomic E-state index is 0. The Hall–Kier alpha value is -0.800. The molecule has 0 radical (unpaired) electrons. The lowest BCUT2D eigenvalue weighted by Crippen LogP contribution is -2.38. The summed E-state index contributed by atoms with van der Waals surface area (Å²) in [4.78, 5) is 5.46. The second kappa shape index (κ2) is 9.26. The van der Waals surface area contributed by atoms with Crippen LogP contribution in [0, 0.1) is 0 Å². The van der Waals surface area contributed by atoms with Crippen molar-refractivity contribution < 1.29 is 0 Å². The van der Waals surface area contributed by atoms with Gasteiger partial charge in [0.25, 0.3) is 0 Å². The molecule has 0 aliphatic carbocycles. The monoisotopic (exact) mass is 439 g/mol. The Bertz CT molecular complexity index is 581. The van der Waals surface area contributed by atoms with E-state index in [1.807, 2.05) is 23.9 Å². The molecule has 0 unspecified atom stereocenters. The second-order valence-electron chi connectivity index (χ2n) is 4.25. The summed E-state index contributed by atoms with van der Waals surface area (Å²) in [5.74, 6) is 0.786. The quantitative estimate of drug-likeness (QED) is 0.428. The van der Waals surface area contributed by atoms with Gasteiger partial charge in [0.2, 0.25) is 0 Å². The summed E-state index contributed by atoms with van der Waals surface area (Å²) in [5.41, 5.74) is 1.11. The Morgan fingerprint density at radius 2 is 2.19 bits per heavy atom. The fraction of sp³-hybridized carbons (Fsp3) is 0.385. The number of aryl methyl sites for hydroxylation is 1. The van der Waals surface area contributed by atoms with Crippen molar-refractivity contribution in [3.05, 3.63) is 39.3 Å². The highest BCUT2D eigenvalue weighted by Gasteiger charge is 2.02. The van der Waals surface area contributed by atoms with Crippen LogP contribution in [0.15, 0.2) is 29.4 Å². The lowest BCUT2D eigenvalue weighted by molar-refractivity contribution is 0.684. The summed E-state index contributed by atoms with van der Waals surface area (Å²) in [6.45, 7) is 1.52. The van der Waals surface area contributed by atoms with Crippen LogP contribution in [-0.4, -0.2) is 29.3 Å². The number of aromatic nitrogens is 2. The summed E-state index contributed by atoms with van der Waals surface area (Å²) in [6, 6.07) is 5.96. The normalized spacial score (nSPS) is 11.1. The van der Waals surface area contributed by atoms with Gasteiger partial charge in [0.15, 0.2) is 5.96 Å². The van der Waals surface area contributed by atoms with Gasteiger partial charge in [-0.15, -0.1) is 35.3 Å². The molecule has 2 N–H and O–H groups in total. The van der Waals surface area contributed by atoms with E-state index in [0.29, 0.717) is 6.54 Å². The highest BCUT2D eigenvalue weighted by atomic mass is 127. The molecule has 0 fully saturated rings. The zero-order valence-electron chi connectivity index (χ0n) is 12.0. The SMILES string of the molecule is CN=C(NCCc1ccc(Cl)s1)NCc1ccnn1C.I. The van der Waals surface area contributed by atoms with Gasteiger partial charge in [0.1, 0.15) is 0 Å². The predicted octanol–water partition coefficient (Wildman–Crippen LogP) is 2.66. The first-order valence-corrected chi connectivity index (χ1v) is 7.54. The Morgan fingerprint density at radius 1 is 1.38 bits per heavy atom. The minimum Gasteiger partial charge on any atom is -0.356 e. The van der Waals surface area contributed by atoms with E-state index in [1.165, 1.54) is 4.88 Å². The lowest BCUT2D eigenvalue weighted by Gasteiger charge is -2.11. The highest BCUT2D eigenvalue weighted by Crippen LogP contribution is 2.21. The van der Waals surface area contributed by atoms with Crippen molar-refractivity contribution in [2.45, 2.75) is 13.0 Å². The first-order valence-electron chi connectivity index (χ1n) is 6.34. The number of thiophene rings is 1. The number of nitrogens with zero attached hydrogens (tertiary/aromatic N) is 3. The number of guanidine groups is 1. The van der Waals surface area contributed by atoms with Gasteiger partial charge in [-0.3, -0.25) is 9.67 Å². The van der Waals surface area contributed by atoms with E-state index in [2.05, 4.69) is 26.8 Å². The number of halogens is 2. The van der Waals surface area contributed by atoms with Gasteiger partial charge in [0, 0.05) is 31.7 Å². The third-order valence-corrected chi connectivity index (χ3v) is 4.17. The fourth-order valence-corrected chi connectivity index (χ4v) is 2.85. The molecule has 2 heterocycles. The molecule has 116 valence electrons. The van der Waals surface area contributed by atoms with Crippen LogP contribution in [0.25, 0.3) is 0 Å². The summed E-state index contributed by atoms with van der Waals surface area (Å²) >= 11 is 7.52. The van der Waals surface area contributed by atoms with Gasteiger partial charge in [-0.2, -0.15) is 5.10 Å². The first kappa shape index (κ1) is 18.2. The maximum atomic E-state index is 5.90. The van der Waals surface area contributed by atoms with Gasteiger partial charge < -0.3 is 10.6 Å². The maximum Gasteiger partial charge on any atom is 0.191 e. The van der Waals surface area contributed by atoms with E-state index in [-0.39, 0.29) is 24.0 Å². The van der Waals surface area contributed by atoms with Crippen LogP contribution in [0.3, 0.4) is 0 Å². The van der Waals surface area contributed by atoms with Crippen LogP contribution in [0.2, 0.25) is 4.34 Å². The number of hydrogen-bond donors (Lipinski definition) is 2. The number of nitrogens with one attached hydrogen (secondary N) is 2. The molecule has 5 nitrogen and oxygen atoms in total. The molecule has 0 aromatic carbocycles. The van der Waals surface area contributed by atoms with Gasteiger partial charge in [-0.25, -0.2) is 0 Å². The van der Waals surface area contributed by atoms with E-state index in [4.69, 9.17) is 11.6 Å². The summed E-state index contributed by atoms with van der Waals surface area (Å²) in [7, 11) is 3.69. The molecule has 0 spiro atoms. The van der Waals surface area contributed by atoms with Crippen LogP contribution >= 0.6 is 46.9 Å². The number of rotatable bonds is 5. The number of hydrogen-bond acceptors (Lipinski definition) is 3. The molecule has 2 aromatic heterocycles. The summed E-state index contributed by atoms with van der Waals surface area (Å²) < 4.78 is 2.67. The molecule has 0 aliphatic heterocycles. The Kier molecular flexibility index (Phi) is 8.05. The van der Waals surface area contributed by atoms with Crippen LogP contribution < -0.4 is 10.6 Å². The molecule has 21 heavy (non-hydrogen) atoms. The van der Waals surface area contributed by atoms with E-state index in [9.17, 15) is 0 Å². The van der Waals surface area contributed by atoms with Crippen molar-refractivity contribution in [1.82, 2.24) is 20.4 Å². The van der Waals surface area contributed by atoms with Gasteiger partial charge in [-0.1, -0.05) is 11.6 Å². The zero-order valence-corrected chi connectivity index (χ0v) is 15.9. The standard InChI is InChI=1S/C13H18ClN5S.HI/c1-15-13(17-9-10-5-8-18-19(10)2)16-7-6-11-3-4-12(14)20-11;/h3-5,8H,6-7,9H2,1-2H3,(H2,15,16,17);1H. The van der Waals surface area contributed by atoms with E-state index in [1.54, 1.807) is 24.6 Å². The number of aliphatic imine (C=N–C) groups is 1. The molecule has 2 aromatic rings. The Morgan fingerprint density at radius 3 is 2.76 bits per heavy atom. The molecule has 0 amide bonds. The van der Waals surface area contributed by atoms with Gasteiger partial charge >= 0.3 is 0 Å². The maximum absolute atomic E-state index is 5.90. The first-order chi connectivity index (χ1) is 9.69. The smallest absolute Gasteiger partial charge is 0.191 e. The third kappa shape index (κ3) is 5.84. The third-order valence-electron chi connectivity index (χ3n) is 2.88. The molecule has 2 rings (SSSR count). The topological polar surface area (TPSA) is 54.2 Å². The van der Waals surface area contributed by atoms with Crippen LogP contribution in [-0.2, 0) is 20.0 Å². The molecular weight excluding hydrogens is 421 g/mol. The zero-order chi connectivity index (χ0) is 14.4. The fourth-order valence-electron chi connectivity index (χ4n) is 1.76. The van der Waals surface area contributed by atoms with Crippen molar-refractivity contribution in [1.29, 1.82) is 0 Å². The second-order valence-corrected chi connectivity index (χ2v) is 6.05. The average molecular weight is 440 g/mol. The van der Waals surface area contributed by atoms with Crippen molar-refractivity contribution in [2.24, 2.45) is 12.0 Å². The largest absolute Gasteiger partial charge is 0.356 e. The van der Waals surface area contributed by atoms with Crippen molar-refractivity contribution in [3.8, 4) is 0 Å². The lowest BCUT2D eigenvalue weighted by atomic mass is 10.3. The minimum atomic E-state index is 0. The predicted molar refractivity (Wildman–Crippen MR) is 99.9 cm³/mol. The van der Waals surface area contributed by atoms with Crippen LogP contribution in [0.4, 0.5) is 0 Å². The van der Waals surface area contributed by atoms with Crippen molar-refractivity contribution >= 4 is 52.9 Å². The molecular formula is C13H19ClIN5S. The summed E-state index contributed by atoms with van der Waals surface area (Å²) in [6.07, 6.45) is 2.72. The van der Waals surface area contributed by atoms with Crippen molar-refractivity contribution in [2.75, 3.05) is 13.6 Å². The van der Waals surface area contributed by atoms with E-state index < -0.39 is 0 Å². The van der Waals surface area contributed by atoms with Gasteiger partial charge in [-0.05, 0) is 24.6 Å². The van der Waals surface area contributed by atoms with Gasteiger partial charge in [0.05, 0.1) is 16.6 Å². The van der Waals surface area contributed by atoms with E-state index >= 15 is 0 Å². The van der Waals surface area contributed by atoms with Crippen LogP contribution in [0.1, 0.15) is 10.6 Å². The molecule has 0 bridgehead atoms.